The standard InChI is InChI=1S/C29H30N6O2/c1-32(21-23-11-5-2-6-12-23)28-27(35(36)37)29(31-22-30-28)34-19-17-33(18-20-34)26(24-13-7-3-8-14-24)25-15-9-4-10-16-25/h2-16,22,26H,17-21H2,1H3. The van der Waals surface area contributed by atoms with Gasteiger partial charge in [-0.1, -0.05) is 91.0 Å². The van der Waals surface area contributed by atoms with Gasteiger partial charge in [0.05, 0.1) is 11.0 Å². The molecule has 1 fully saturated rings. The van der Waals surface area contributed by atoms with Crippen molar-refractivity contribution in [1.82, 2.24) is 14.9 Å². The fourth-order valence-electron chi connectivity index (χ4n) is 5.04. The summed E-state index contributed by atoms with van der Waals surface area (Å²) in [6.07, 6.45) is 1.43. The molecule has 2 heterocycles. The first-order valence-electron chi connectivity index (χ1n) is 12.4. The summed E-state index contributed by atoms with van der Waals surface area (Å²) in [4.78, 5) is 26.9. The predicted molar refractivity (Wildman–Crippen MR) is 146 cm³/mol. The summed E-state index contributed by atoms with van der Waals surface area (Å²) in [7, 11) is 1.83. The molecule has 8 nitrogen and oxygen atoms in total. The minimum absolute atomic E-state index is 0.0444. The Kier molecular flexibility index (Phi) is 7.37. The molecule has 0 bridgehead atoms. The van der Waals surface area contributed by atoms with Gasteiger partial charge in [0, 0.05) is 39.8 Å². The zero-order valence-electron chi connectivity index (χ0n) is 20.9. The Morgan fingerprint density at radius 2 is 1.38 bits per heavy atom. The highest BCUT2D eigenvalue weighted by molar-refractivity contribution is 5.71. The molecule has 0 unspecified atom stereocenters. The Labute approximate surface area is 217 Å². The summed E-state index contributed by atoms with van der Waals surface area (Å²) in [5.41, 5.74) is 3.48. The normalized spacial score (nSPS) is 14.1. The van der Waals surface area contributed by atoms with Gasteiger partial charge in [0.25, 0.3) is 0 Å². The van der Waals surface area contributed by atoms with Crippen LogP contribution in [0.5, 0.6) is 0 Å². The molecule has 1 saturated heterocycles. The molecule has 0 radical (unpaired) electrons. The zero-order valence-corrected chi connectivity index (χ0v) is 20.9. The largest absolute Gasteiger partial charge is 0.353 e. The molecule has 188 valence electrons. The number of hydrogen-bond donors (Lipinski definition) is 0. The van der Waals surface area contributed by atoms with Gasteiger partial charge in [-0.05, 0) is 16.7 Å². The van der Waals surface area contributed by atoms with E-state index in [2.05, 4.69) is 63.4 Å². The Hall–Kier alpha value is -4.30. The van der Waals surface area contributed by atoms with Crippen LogP contribution in [-0.4, -0.2) is 53.0 Å². The quantitative estimate of drug-likeness (QED) is 0.254. The van der Waals surface area contributed by atoms with E-state index in [0.29, 0.717) is 31.3 Å². The molecule has 0 N–H and O–H groups in total. The SMILES string of the molecule is CN(Cc1ccccc1)c1ncnc(N2CCN(C(c3ccccc3)c3ccccc3)CC2)c1[N+](=O)[O-]. The van der Waals surface area contributed by atoms with Gasteiger partial charge in [-0.2, -0.15) is 0 Å². The molecule has 0 spiro atoms. The van der Waals surface area contributed by atoms with Gasteiger partial charge in [-0.15, -0.1) is 0 Å². The van der Waals surface area contributed by atoms with Crippen molar-refractivity contribution < 1.29 is 4.92 Å². The summed E-state index contributed by atoms with van der Waals surface area (Å²) >= 11 is 0. The van der Waals surface area contributed by atoms with Crippen LogP contribution >= 0.6 is 0 Å². The van der Waals surface area contributed by atoms with Crippen LogP contribution in [0.15, 0.2) is 97.3 Å². The maximum atomic E-state index is 12.2. The van der Waals surface area contributed by atoms with Gasteiger partial charge in [0.2, 0.25) is 11.6 Å². The minimum atomic E-state index is -0.352. The number of rotatable bonds is 8. The second kappa shape index (κ2) is 11.2. The maximum absolute atomic E-state index is 12.2. The van der Waals surface area contributed by atoms with E-state index in [0.717, 1.165) is 18.7 Å². The van der Waals surface area contributed by atoms with Crippen LogP contribution < -0.4 is 9.80 Å². The summed E-state index contributed by atoms with van der Waals surface area (Å²) in [6, 6.07) is 31.0. The van der Waals surface area contributed by atoms with Crippen molar-refractivity contribution in [3.05, 3.63) is 124 Å². The molecule has 8 heteroatoms. The van der Waals surface area contributed by atoms with Crippen molar-refractivity contribution >= 4 is 17.3 Å². The lowest BCUT2D eigenvalue weighted by Crippen LogP contribution is -2.48. The monoisotopic (exact) mass is 494 g/mol. The number of nitro groups is 1. The van der Waals surface area contributed by atoms with Crippen LogP contribution in [0.4, 0.5) is 17.3 Å². The van der Waals surface area contributed by atoms with Crippen molar-refractivity contribution in [2.45, 2.75) is 12.6 Å². The van der Waals surface area contributed by atoms with E-state index in [-0.39, 0.29) is 16.7 Å². The molecule has 0 saturated carbocycles. The fourth-order valence-corrected chi connectivity index (χ4v) is 5.04. The van der Waals surface area contributed by atoms with Gasteiger partial charge in [-0.25, -0.2) is 9.97 Å². The third kappa shape index (κ3) is 5.44. The van der Waals surface area contributed by atoms with E-state index in [1.165, 1.54) is 17.5 Å². The maximum Gasteiger partial charge on any atom is 0.353 e. The van der Waals surface area contributed by atoms with Crippen molar-refractivity contribution in [2.24, 2.45) is 0 Å². The Balaban J connectivity index is 1.38. The lowest BCUT2D eigenvalue weighted by molar-refractivity contribution is -0.383. The summed E-state index contributed by atoms with van der Waals surface area (Å²) in [6.45, 7) is 3.29. The smallest absolute Gasteiger partial charge is 0.349 e. The lowest BCUT2D eigenvalue weighted by Gasteiger charge is -2.40. The Morgan fingerprint density at radius 1 is 0.838 bits per heavy atom. The minimum Gasteiger partial charge on any atom is -0.349 e. The van der Waals surface area contributed by atoms with Crippen LogP contribution in [0.25, 0.3) is 0 Å². The predicted octanol–water partition coefficient (Wildman–Crippen LogP) is 4.93. The molecule has 0 atom stereocenters. The number of piperazine rings is 1. The third-order valence-corrected chi connectivity index (χ3v) is 6.80. The van der Waals surface area contributed by atoms with E-state index < -0.39 is 0 Å². The third-order valence-electron chi connectivity index (χ3n) is 6.80. The van der Waals surface area contributed by atoms with Crippen molar-refractivity contribution in [2.75, 3.05) is 43.0 Å². The van der Waals surface area contributed by atoms with Gasteiger partial charge >= 0.3 is 5.69 Å². The molecule has 0 aliphatic carbocycles. The first-order valence-corrected chi connectivity index (χ1v) is 12.4. The molecule has 1 aliphatic rings. The first-order chi connectivity index (χ1) is 18.1. The molecule has 0 amide bonds. The van der Waals surface area contributed by atoms with Gasteiger partial charge in [-0.3, -0.25) is 15.0 Å². The van der Waals surface area contributed by atoms with Crippen molar-refractivity contribution in [3.63, 3.8) is 0 Å². The van der Waals surface area contributed by atoms with Crippen LogP contribution in [0.1, 0.15) is 22.7 Å². The number of hydrogen-bond acceptors (Lipinski definition) is 7. The average molecular weight is 495 g/mol. The molecule has 4 aromatic rings. The van der Waals surface area contributed by atoms with Crippen molar-refractivity contribution in [3.8, 4) is 0 Å². The van der Waals surface area contributed by atoms with Crippen LogP contribution in [-0.2, 0) is 6.54 Å². The topological polar surface area (TPSA) is 78.6 Å². The number of benzene rings is 3. The van der Waals surface area contributed by atoms with E-state index in [4.69, 9.17) is 0 Å². The summed E-state index contributed by atoms with van der Waals surface area (Å²) < 4.78 is 0. The van der Waals surface area contributed by atoms with Gasteiger partial charge in [0.1, 0.15) is 6.33 Å². The van der Waals surface area contributed by atoms with E-state index in [1.807, 2.05) is 59.3 Å². The number of aromatic nitrogens is 2. The second-order valence-corrected chi connectivity index (χ2v) is 9.22. The van der Waals surface area contributed by atoms with Crippen LogP contribution in [0, 0.1) is 10.1 Å². The fraction of sp³-hybridized carbons (Fsp3) is 0.241. The summed E-state index contributed by atoms with van der Waals surface area (Å²) in [5, 5.41) is 12.2. The molecule has 1 aliphatic heterocycles. The molecule has 1 aromatic heterocycles. The lowest BCUT2D eigenvalue weighted by atomic mass is 9.96. The Bertz CT molecular complexity index is 1270. The molecular formula is C29H30N6O2. The molecule has 37 heavy (non-hydrogen) atoms. The Morgan fingerprint density at radius 3 is 1.92 bits per heavy atom. The number of anilines is 2. The highest BCUT2D eigenvalue weighted by Gasteiger charge is 2.33. The van der Waals surface area contributed by atoms with E-state index >= 15 is 0 Å². The van der Waals surface area contributed by atoms with E-state index in [1.54, 1.807) is 0 Å². The number of nitrogens with zero attached hydrogens (tertiary/aromatic N) is 6. The van der Waals surface area contributed by atoms with Gasteiger partial charge < -0.3 is 9.80 Å². The van der Waals surface area contributed by atoms with E-state index in [9.17, 15) is 10.1 Å². The second-order valence-electron chi connectivity index (χ2n) is 9.22. The van der Waals surface area contributed by atoms with Crippen LogP contribution in [0.3, 0.4) is 0 Å². The summed E-state index contributed by atoms with van der Waals surface area (Å²) in [5.74, 6) is 0.707. The van der Waals surface area contributed by atoms with Gasteiger partial charge in [0.15, 0.2) is 0 Å². The molecule has 3 aromatic carbocycles. The van der Waals surface area contributed by atoms with Crippen molar-refractivity contribution in [1.29, 1.82) is 0 Å². The highest BCUT2D eigenvalue weighted by Crippen LogP contribution is 2.36. The zero-order chi connectivity index (χ0) is 25.6. The van der Waals surface area contributed by atoms with Crippen LogP contribution in [0.2, 0.25) is 0 Å². The average Bonchev–Trinajstić information content (AvgIpc) is 2.95. The highest BCUT2D eigenvalue weighted by atomic mass is 16.6. The first kappa shape index (κ1) is 24.4. The molecular weight excluding hydrogens is 464 g/mol. The molecule has 5 rings (SSSR count).